The molecule has 2 N–H and O–H groups in total. The second kappa shape index (κ2) is 6.75. The molecule has 0 radical (unpaired) electrons. The largest absolute Gasteiger partial charge is 0.372 e. The lowest BCUT2D eigenvalue weighted by atomic mass is 10.1. The van der Waals surface area contributed by atoms with Crippen LogP contribution in [0.4, 0.5) is 4.39 Å². The van der Waals surface area contributed by atoms with Crippen LogP contribution < -0.4 is 5.32 Å². The monoisotopic (exact) mass is 355 g/mol. The van der Waals surface area contributed by atoms with E-state index in [1.165, 1.54) is 12.1 Å². The molecule has 4 rings (SSSR count). The molecule has 0 amide bonds. The summed E-state index contributed by atoms with van der Waals surface area (Å²) in [5.41, 5.74) is 3.83. The molecule has 3 heterocycles. The minimum absolute atomic E-state index is 0.273. The van der Waals surface area contributed by atoms with Crippen molar-refractivity contribution < 1.29 is 9.50 Å². The number of hydrogen-bond acceptors (Lipinski definition) is 5. The summed E-state index contributed by atoms with van der Waals surface area (Å²) in [5, 5.41) is 18.7. The van der Waals surface area contributed by atoms with Crippen LogP contribution in [-0.2, 0) is 0 Å². The van der Waals surface area contributed by atoms with E-state index in [-0.39, 0.29) is 5.82 Å². The Kier molecular flexibility index (Phi) is 4.44. The third kappa shape index (κ3) is 3.21. The Labute approximate surface area is 151 Å². The fraction of sp³-hybridized carbons (Fsp3) is 0.368. The lowest BCUT2D eigenvalue weighted by Crippen LogP contribution is -2.50. The first-order chi connectivity index (χ1) is 12.5. The summed E-state index contributed by atoms with van der Waals surface area (Å²) in [5.74, 6) is -0.273. The van der Waals surface area contributed by atoms with E-state index in [4.69, 9.17) is 0 Å². The number of aliphatic hydroxyl groups excluding tert-OH is 1. The van der Waals surface area contributed by atoms with Gasteiger partial charge in [0.15, 0.2) is 11.9 Å². The molecular weight excluding hydrogens is 333 g/mol. The fourth-order valence-corrected chi connectivity index (χ4v) is 3.41. The number of aryl methyl sites for hydroxylation is 1. The van der Waals surface area contributed by atoms with E-state index in [2.05, 4.69) is 22.3 Å². The van der Waals surface area contributed by atoms with Crippen LogP contribution >= 0.6 is 0 Å². The fourth-order valence-electron chi connectivity index (χ4n) is 3.41. The molecule has 1 aliphatic rings. The van der Waals surface area contributed by atoms with E-state index in [9.17, 15) is 9.50 Å². The summed E-state index contributed by atoms with van der Waals surface area (Å²) in [6, 6.07) is 8.52. The first-order valence-corrected chi connectivity index (χ1v) is 8.79. The lowest BCUT2D eigenvalue weighted by molar-refractivity contribution is -0.0164. The number of nitrogens with one attached hydrogen (secondary N) is 1. The summed E-state index contributed by atoms with van der Waals surface area (Å²) >= 11 is 0. The molecular formula is C19H22FN5O. The molecule has 0 bridgehead atoms. The van der Waals surface area contributed by atoms with Gasteiger partial charge in [-0.2, -0.15) is 5.10 Å². The van der Waals surface area contributed by atoms with Gasteiger partial charge in [-0.15, -0.1) is 0 Å². The maximum absolute atomic E-state index is 13.2. The Morgan fingerprint density at radius 2 is 2.08 bits per heavy atom. The van der Waals surface area contributed by atoms with Crippen molar-refractivity contribution in [2.24, 2.45) is 0 Å². The summed E-state index contributed by atoms with van der Waals surface area (Å²) < 4.78 is 14.9. The van der Waals surface area contributed by atoms with Gasteiger partial charge in [0.2, 0.25) is 0 Å². The first kappa shape index (κ1) is 17.1. The molecule has 136 valence electrons. The number of halogens is 1. The van der Waals surface area contributed by atoms with Crippen molar-refractivity contribution in [3.8, 4) is 11.3 Å². The van der Waals surface area contributed by atoms with Gasteiger partial charge in [-0.25, -0.2) is 13.9 Å². The van der Waals surface area contributed by atoms with Crippen LogP contribution in [0.25, 0.3) is 16.9 Å². The van der Waals surface area contributed by atoms with E-state index in [1.807, 2.05) is 17.9 Å². The number of piperazine rings is 1. The summed E-state index contributed by atoms with van der Waals surface area (Å²) in [6.45, 7) is 6.44. The van der Waals surface area contributed by atoms with Crippen LogP contribution in [0.1, 0.15) is 24.4 Å². The SMILES string of the molecule is Cc1cc(-c2ccc(F)cc2)nn2cc(C(O)N3CCNC(C)C3)nc12. The maximum atomic E-state index is 13.2. The Morgan fingerprint density at radius 1 is 1.31 bits per heavy atom. The van der Waals surface area contributed by atoms with Crippen LogP contribution in [0.5, 0.6) is 0 Å². The molecule has 7 heteroatoms. The Balaban J connectivity index is 1.68. The third-order valence-corrected chi connectivity index (χ3v) is 4.78. The van der Waals surface area contributed by atoms with Gasteiger partial charge in [0.1, 0.15) is 11.5 Å². The van der Waals surface area contributed by atoms with Gasteiger partial charge in [0, 0.05) is 31.2 Å². The van der Waals surface area contributed by atoms with Gasteiger partial charge < -0.3 is 10.4 Å². The van der Waals surface area contributed by atoms with E-state index in [0.717, 1.165) is 36.5 Å². The number of rotatable bonds is 3. The van der Waals surface area contributed by atoms with E-state index in [0.29, 0.717) is 17.4 Å². The summed E-state index contributed by atoms with van der Waals surface area (Å²) in [6.07, 6.45) is 1.02. The molecule has 1 saturated heterocycles. The molecule has 26 heavy (non-hydrogen) atoms. The highest BCUT2D eigenvalue weighted by Gasteiger charge is 2.25. The third-order valence-electron chi connectivity index (χ3n) is 4.78. The van der Waals surface area contributed by atoms with Crippen molar-refractivity contribution in [1.82, 2.24) is 24.8 Å². The smallest absolute Gasteiger partial charge is 0.156 e. The average Bonchev–Trinajstić information content (AvgIpc) is 3.06. The predicted molar refractivity (Wildman–Crippen MR) is 97.1 cm³/mol. The van der Waals surface area contributed by atoms with Gasteiger partial charge in [-0.1, -0.05) is 0 Å². The van der Waals surface area contributed by atoms with Gasteiger partial charge in [-0.05, 0) is 49.7 Å². The van der Waals surface area contributed by atoms with Crippen LogP contribution in [0.3, 0.4) is 0 Å². The van der Waals surface area contributed by atoms with Crippen LogP contribution in [0.2, 0.25) is 0 Å². The van der Waals surface area contributed by atoms with Crippen molar-refractivity contribution in [1.29, 1.82) is 0 Å². The number of benzene rings is 1. The topological polar surface area (TPSA) is 65.7 Å². The van der Waals surface area contributed by atoms with E-state index >= 15 is 0 Å². The second-order valence-electron chi connectivity index (χ2n) is 6.88. The molecule has 1 aromatic carbocycles. The van der Waals surface area contributed by atoms with Gasteiger partial charge in [0.05, 0.1) is 11.9 Å². The Morgan fingerprint density at radius 3 is 2.81 bits per heavy atom. The first-order valence-electron chi connectivity index (χ1n) is 8.79. The molecule has 2 unspecified atom stereocenters. The number of imidazole rings is 1. The van der Waals surface area contributed by atoms with E-state index in [1.54, 1.807) is 22.8 Å². The molecule has 0 spiro atoms. The normalized spacial score (nSPS) is 19.8. The maximum Gasteiger partial charge on any atom is 0.156 e. The zero-order chi connectivity index (χ0) is 18.3. The number of hydrogen-bond donors (Lipinski definition) is 2. The average molecular weight is 355 g/mol. The molecule has 3 aromatic rings. The number of fused-ring (bicyclic) bond motifs is 1. The Hall–Kier alpha value is -2.35. The minimum atomic E-state index is -0.755. The van der Waals surface area contributed by atoms with Crippen LogP contribution in [0, 0.1) is 12.7 Å². The van der Waals surface area contributed by atoms with Crippen LogP contribution in [-0.4, -0.2) is 50.3 Å². The molecule has 0 aliphatic carbocycles. The van der Waals surface area contributed by atoms with Gasteiger partial charge in [-0.3, -0.25) is 4.90 Å². The van der Waals surface area contributed by atoms with Crippen LogP contribution in [0.15, 0.2) is 36.5 Å². The van der Waals surface area contributed by atoms with Gasteiger partial charge in [0.25, 0.3) is 0 Å². The predicted octanol–water partition coefficient (Wildman–Crippen LogP) is 2.13. The highest BCUT2D eigenvalue weighted by Crippen LogP contribution is 2.23. The highest BCUT2D eigenvalue weighted by atomic mass is 19.1. The number of nitrogens with zero attached hydrogens (tertiary/aromatic N) is 4. The van der Waals surface area contributed by atoms with Gasteiger partial charge >= 0.3 is 0 Å². The molecule has 1 fully saturated rings. The number of aromatic nitrogens is 3. The van der Waals surface area contributed by atoms with Crippen molar-refractivity contribution in [2.75, 3.05) is 19.6 Å². The van der Waals surface area contributed by atoms with Crippen molar-refractivity contribution in [3.63, 3.8) is 0 Å². The van der Waals surface area contributed by atoms with Crippen molar-refractivity contribution in [3.05, 3.63) is 53.6 Å². The standard InChI is InChI=1S/C19H22FN5O/c1-12-9-16(14-3-5-15(20)6-4-14)23-25-11-17(22-18(12)25)19(26)24-8-7-21-13(2)10-24/h3-6,9,11,13,19,21,26H,7-8,10H2,1-2H3. The summed E-state index contributed by atoms with van der Waals surface area (Å²) in [4.78, 5) is 6.60. The summed E-state index contributed by atoms with van der Waals surface area (Å²) in [7, 11) is 0. The Bertz CT molecular complexity index is 924. The highest BCUT2D eigenvalue weighted by molar-refractivity contribution is 5.62. The zero-order valence-electron chi connectivity index (χ0n) is 14.9. The molecule has 2 aromatic heterocycles. The molecule has 1 aliphatic heterocycles. The van der Waals surface area contributed by atoms with E-state index < -0.39 is 6.23 Å². The van der Waals surface area contributed by atoms with Crippen molar-refractivity contribution >= 4 is 5.65 Å². The second-order valence-corrected chi connectivity index (χ2v) is 6.88. The van der Waals surface area contributed by atoms with Crippen molar-refractivity contribution in [2.45, 2.75) is 26.1 Å². The molecule has 6 nitrogen and oxygen atoms in total. The molecule has 0 saturated carbocycles. The quantitative estimate of drug-likeness (QED) is 0.753. The lowest BCUT2D eigenvalue weighted by Gasteiger charge is -2.34. The minimum Gasteiger partial charge on any atom is -0.372 e. The molecule has 2 atom stereocenters. The number of aliphatic hydroxyl groups is 1. The zero-order valence-corrected chi connectivity index (χ0v) is 14.9.